The Balaban J connectivity index is 2.69. The minimum atomic E-state index is -3.05. The van der Waals surface area contributed by atoms with Crippen LogP contribution in [0.1, 0.15) is 5.56 Å². The monoisotopic (exact) mass is 203 g/mol. The average molecular weight is 203 g/mol. The number of sulfone groups is 1. The number of nitrogens with two attached hydrogens (primary N) is 1. The summed E-state index contributed by atoms with van der Waals surface area (Å²) in [4.78, 5) is 0. The van der Waals surface area contributed by atoms with Crippen LogP contribution in [0.4, 0.5) is 0 Å². The summed E-state index contributed by atoms with van der Waals surface area (Å²) in [5.74, 6) is 0.0555. The normalized spacial score (nSPS) is 11.8. The maximum Gasteiger partial charge on any atom is 0.155 e. The van der Waals surface area contributed by atoms with Gasteiger partial charge in [0.15, 0.2) is 9.84 Å². The molecule has 1 aromatic rings. The van der Waals surface area contributed by atoms with Crippen LogP contribution in [0.2, 0.25) is 0 Å². The molecule has 6 heteroatoms. The number of hydrogen-bond acceptors (Lipinski definition) is 4. The highest BCUT2D eigenvalue weighted by atomic mass is 32.2. The Morgan fingerprint density at radius 1 is 1.62 bits per heavy atom. The molecule has 1 aromatic heterocycles. The van der Waals surface area contributed by atoms with E-state index in [1.807, 2.05) is 0 Å². The summed E-state index contributed by atoms with van der Waals surface area (Å²) >= 11 is 0. The third-order valence-electron chi connectivity index (χ3n) is 1.57. The molecular formula is C7H13N3O2S. The van der Waals surface area contributed by atoms with Crippen LogP contribution >= 0.6 is 0 Å². The van der Waals surface area contributed by atoms with Gasteiger partial charge in [0.05, 0.1) is 17.7 Å². The Kier molecular flexibility index (Phi) is 3.05. The molecule has 0 saturated carbocycles. The van der Waals surface area contributed by atoms with E-state index in [-0.39, 0.29) is 18.1 Å². The highest BCUT2D eigenvalue weighted by molar-refractivity contribution is 7.90. The van der Waals surface area contributed by atoms with Crippen molar-refractivity contribution in [2.45, 2.75) is 5.75 Å². The zero-order valence-corrected chi connectivity index (χ0v) is 8.29. The van der Waals surface area contributed by atoms with Crippen molar-refractivity contribution >= 4 is 9.84 Å². The van der Waals surface area contributed by atoms with Crippen molar-refractivity contribution in [2.24, 2.45) is 12.8 Å². The fourth-order valence-electron chi connectivity index (χ4n) is 1.05. The molecule has 1 rings (SSSR count). The molecule has 0 saturated heterocycles. The summed E-state index contributed by atoms with van der Waals surface area (Å²) in [7, 11) is -1.30. The van der Waals surface area contributed by atoms with Crippen LogP contribution in [0, 0.1) is 0 Å². The molecule has 0 aliphatic carbocycles. The minimum absolute atomic E-state index is 0.0258. The average Bonchev–Trinajstić information content (AvgIpc) is 2.34. The van der Waals surface area contributed by atoms with Gasteiger partial charge in [0, 0.05) is 25.4 Å². The molecule has 0 amide bonds. The lowest BCUT2D eigenvalue weighted by molar-refractivity contribution is 0.595. The van der Waals surface area contributed by atoms with Gasteiger partial charge in [-0.15, -0.1) is 0 Å². The lowest BCUT2D eigenvalue weighted by Gasteiger charge is -1.98. The summed E-state index contributed by atoms with van der Waals surface area (Å²) in [5, 5.41) is 3.88. The Labute approximate surface area is 77.5 Å². The van der Waals surface area contributed by atoms with E-state index in [9.17, 15) is 8.42 Å². The molecule has 13 heavy (non-hydrogen) atoms. The Bertz CT molecular complexity index is 369. The number of nitrogens with zero attached hydrogens (tertiary/aromatic N) is 2. The molecule has 0 bridgehead atoms. The predicted octanol–water partition coefficient (Wildman–Crippen LogP) is -0.706. The Morgan fingerprint density at radius 3 is 2.77 bits per heavy atom. The van der Waals surface area contributed by atoms with E-state index >= 15 is 0 Å². The van der Waals surface area contributed by atoms with Gasteiger partial charge in [0.1, 0.15) is 0 Å². The molecule has 0 fully saturated rings. The molecule has 0 aliphatic heterocycles. The molecule has 5 nitrogen and oxygen atoms in total. The van der Waals surface area contributed by atoms with Crippen LogP contribution in [0.3, 0.4) is 0 Å². The molecule has 74 valence electrons. The van der Waals surface area contributed by atoms with Crippen molar-refractivity contribution in [3.63, 3.8) is 0 Å². The van der Waals surface area contributed by atoms with Crippen LogP contribution in [-0.2, 0) is 22.6 Å². The molecule has 0 radical (unpaired) electrons. The van der Waals surface area contributed by atoms with E-state index in [0.717, 1.165) is 0 Å². The van der Waals surface area contributed by atoms with Crippen molar-refractivity contribution < 1.29 is 8.42 Å². The first-order chi connectivity index (χ1) is 6.03. The van der Waals surface area contributed by atoms with Gasteiger partial charge in [0.25, 0.3) is 0 Å². The molecule has 1 heterocycles. The standard InChI is InChI=1S/C7H13N3O2S/c1-10-5-7(4-9-10)6-13(11,12)3-2-8/h4-5H,2-3,6,8H2,1H3. The van der Waals surface area contributed by atoms with E-state index < -0.39 is 9.84 Å². The predicted molar refractivity (Wildman–Crippen MR) is 49.8 cm³/mol. The minimum Gasteiger partial charge on any atom is -0.329 e. The largest absolute Gasteiger partial charge is 0.329 e. The number of rotatable bonds is 4. The van der Waals surface area contributed by atoms with Crippen LogP contribution < -0.4 is 5.73 Å². The highest BCUT2D eigenvalue weighted by Crippen LogP contribution is 2.04. The summed E-state index contributed by atoms with van der Waals surface area (Å²) < 4.78 is 24.2. The van der Waals surface area contributed by atoms with Crippen LogP contribution in [0.15, 0.2) is 12.4 Å². The van der Waals surface area contributed by atoms with Crippen molar-refractivity contribution in [1.82, 2.24) is 9.78 Å². The molecule has 0 spiro atoms. The molecule has 0 atom stereocenters. The topological polar surface area (TPSA) is 78.0 Å². The SMILES string of the molecule is Cn1cc(CS(=O)(=O)CCN)cn1. The third-order valence-corrected chi connectivity index (χ3v) is 3.20. The van der Waals surface area contributed by atoms with Crippen LogP contribution in [0.25, 0.3) is 0 Å². The van der Waals surface area contributed by atoms with E-state index in [1.54, 1.807) is 24.1 Å². The molecule has 0 aliphatic rings. The maximum atomic E-state index is 11.3. The van der Waals surface area contributed by atoms with E-state index in [2.05, 4.69) is 5.10 Å². The molecular weight excluding hydrogens is 190 g/mol. The maximum absolute atomic E-state index is 11.3. The second-order valence-corrected chi connectivity index (χ2v) is 5.09. The van der Waals surface area contributed by atoms with E-state index in [0.29, 0.717) is 5.56 Å². The zero-order valence-electron chi connectivity index (χ0n) is 7.47. The summed E-state index contributed by atoms with van der Waals surface area (Å²) in [6.07, 6.45) is 3.24. The van der Waals surface area contributed by atoms with Gasteiger partial charge in [-0.3, -0.25) is 4.68 Å². The second-order valence-electron chi connectivity index (χ2n) is 2.90. The summed E-state index contributed by atoms with van der Waals surface area (Å²) in [5.41, 5.74) is 5.88. The third kappa shape index (κ3) is 3.16. The lowest BCUT2D eigenvalue weighted by atomic mass is 10.4. The summed E-state index contributed by atoms with van der Waals surface area (Å²) in [6.45, 7) is 0.169. The van der Waals surface area contributed by atoms with Gasteiger partial charge in [-0.2, -0.15) is 5.10 Å². The van der Waals surface area contributed by atoms with Gasteiger partial charge < -0.3 is 5.73 Å². The van der Waals surface area contributed by atoms with Crippen molar-refractivity contribution in [1.29, 1.82) is 0 Å². The number of aryl methyl sites for hydroxylation is 1. The highest BCUT2D eigenvalue weighted by Gasteiger charge is 2.11. The van der Waals surface area contributed by atoms with Crippen molar-refractivity contribution in [3.05, 3.63) is 18.0 Å². The van der Waals surface area contributed by atoms with Gasteiger partial charge in [-0.25, -0.2) is 8.42 Å². The van der Waals surface area contributed by atoms with E-state index in [1.165, 1.54) is 0 Å². The quantitative estimate of drug-likeness (QED) is 0.701. The Morgan fingerprint density at radius 2 is 2.31 bits per heavy atom. The van der Waals surface area contributed by atoms with Gasteiger partial charge in [0.2, 0.25) is 0 Å². The summed E-state index contributed by atoms with van der Waals surface area (Å²) in [6, 6.07) is 0. The first-order valence-electron chi connectivity index (χ1n) is 3.91. The van der Waals surface area contributed by atoms with E-state index in [4.69, 9.17) is 5.73 Å². The number of aromatic nitrogens is 2. The van der Waals surface area contributed by atoms with Gasteiger partial charge in [-0.05, 0) is 0 Å². The first-order valence-corrected chi connectivity index (χ1v) is 5.73. The van der Waals surface area contributed by atoms with Crippen molar-refractivity contribution in [3.8, 4) is 0 Å². The number of hydrogen-bond donors (Lipinski definition) is 1. The molecule has 2 N–H and O–H groups in total. The Hall–Kier alpha value is -0.880. The fourth-order valence-corrected chi connectivity index (χ4v) is 2.21. The first kappa shape index (κ1) is 10.2. The fraction of sp³-hybridized carbons (Fsp3) is 0.571. The smallest absolute Gasteiger partial charge is 0.155 e. The lowest BCUT2D eigenvalue weighted by Crippen LogP contribution is -2.17. The molecule has 0 aromatic carbocycles. The second kappa shape index (κ2) is 3.89. The van der Waals surface area contributed by atoms with Crippen LogP contribution in [-0.4, -0.2) is 30.5 Å². The van der Waals surface area contributed by atoms with Crippen molar-refractivity contribution in [2.75, 3.05) is 12.3 Å². The van der Waals surface area contributed by atoms with Crippen LogP contribution in [0.5, 0.6) is 0 Å². The van der Waals surface area contributed by atoms with Gasteiger partial charge in [-0.1, -0.05) is 0 Å². The van der Waals surface area contributed by atoms with Gasteiger partial charge >= 0.3 is 0 Å². The zero-order chi connectivity index (χ0) is 9.90. The molecule has 0 unspecified atom stereocenters.